The Hall–Kier alpha value is -2.01. The molecule has 16 heavy (non-hydrogen) atoms. The van der Waals surface area contributed by atoms with E-state index in [4.69, 9.17) is 5.73 Å². The van der Waals surface area contributed by atoms with Crippen LogP contribution in [-0.4, -0.2) is 14.3 Å². The van der Waals surface area contributed by atoms with Gasteiger partial charge in [-0.05, 0) is 5.39 Å². The Balaban J connectivity index is 2.31. The first kappa shape index (κ1) is 9.23. The Kier molecular flexibility index (Phi) is 2.04. The molecule has 2 aromatic heterocycles. The van der Waals surface area contributed by atoms with Gasteiger partial charge in [0.2, 0.25) is 0 Å². The van der Waals surface area contributed by atoms with Crippen molar-refractivity contribution in [1.82, 2.24) is 14.3 Å². The van der Waals surface area contributed by atoms with Gasteiger partial charge in [-0.1, -0.05) is 24.3 Å². The summed E-state index contributed by atoms with van der Waals surface area (Å²) in [6.07, 6.45) is 3.60. The van der Waals surface area contributed by atoms with E-state index in [1.807, 2.05) is 30.5 Å². The molecule has 0 saturated heterocycles. The maximum atomic E-state index is 5.58. The molecule has 2 N–H and O–H groups in total. The highest BCUT2D eigenvalue weighted by Gasteiger charge is 2.08. The van der Waals surface area contributed by atoms with Crippen molar-refractivity contribution < 1.29 is 0 Å². The fourth-order valence-corrected chi connectivity index (χ4v) is 2.09. The van der Waals surface area contributed by atoms with Gasteiger partial charge in [-0.3, -0.25) is 4.98 Å². The molecule has 5 heteroatoms. The van der Waals surface area contributed by atoms with Gasteiger partial charge < -0.3 is 5.73 Å². The molecule has 4 nitrogen and oxygen atoms in total. The Morgan fingerprint density at radius 3 is 2.81 bits per heavy atom. The van der Waals surface area contributed by atoms with Crippen LogP contribution >= 0.6 is 11.5 Å². The molecule has 1 aromatic carbocycles. The molecule has 0 aliphatic heterocycles. The van der Waals surface area contributed by atoms with Crippen LogP contribution in [-0.2, 0) is 0 Å². The maximum Gasteiger partial charge on any atom is 0.200 e. The van der Waals surface area contributed by atoms with Crippen molar-refractivity contribution >= 4 is 27.4 Å². The van der Waals surface area contributed by atoms with Gasteiger partial charge in [0.15, 0.2) is 11.0 Å². The van der Waals surface area contributed by atoms with E-state index in [1.165, 1.54) is 11.5 Å². The predicted molar refractivity (Wildman–Crippen MR) is 65.1 cm³/mol. The van der Waals surface area contributed by atoms with Gasteiger partial charge in [-0.15, -0.1) is 0 Å². The first-order valence-electron chi connectivity index (χ1n) is 4.77. The second kappa shape index (κ2) is 3.53. The molecule has 0 saturated carbocycles. The van der Waals surface area contributed by atoms with E-state index in [0.717, 1.165) is 16.3 Å². The fourth-order valence-electron chi connectivity index (χ4n) is 1.64. The quantitative estimate of drug-likeness (QED) is 0.694. The number of nitrogen functional groups attached to an aromatic ring is 1. The number of rotatable bonds is 1. The van der Waals surface area contributed by atoms with Crippen molar-refractivity contribution in [3.8, 4) is 11.4 Å². The number of benzene rings is 1. The average molecular weight is 228 g/mol. The van der Waals surface area contributed by atoms with Crippen LogP contribution in [0.2, 0.25) is 0 Å². The highest BCUT2D eigenvalue weighted by atomic mass is 32.1. The summed E-state index contributed by atoms with van der Waals surface area (Å²) >= 11 is 1.20. The third-order valence-corrected chi connectivity index (χ3v) is 2.89. The highest BCUT2D eigenvalue weighted by Crippen LogP contribution is 2.26. The zero-order valence-corrected chi connectivity index (χ0v) is 9.11. The number of hydrogen-bond acceptors (Lipinski definition) is 5. The Bertz CT molecular complexity index is 642. The SMILES string of the molecule is Nc1nc(-c2cncc3ccccc23)ns1. The van der Waals surface area contributed by atoms with Gasteiger partial charge in [-0.2, -0.15) is 9.36 Å². The van der Waals surface area contributed by atoms with Crippen LogP contribution in [0.1, 0.15) is 0 Å². The summed E-state index contributed by atoms with van der Waals surface area (Å²) < 4.78 is 4.20. The molecular weight excluding hydrogens is 220 g/mol. The first-order chi connectivity index (χ1) is 7.84. The summed E-state index contributed by atoms with van der Waals surface area (Å²) in [5, 5.41) is 2.65. The molecule has 0 fully saturated rings. The van der Waals surface area contributed by atoms with E-state index in [-0.39, 0.29) is 0 Å². The fraction of sp³-hybridized carbons (Fsp3) is 0. The largest absolute Gasteiger partial charge is 0.374 e. The lowest BCUT2D eigenvalue weighted by atomic mass is 10.1. The molecular formula is C11H8N4S. The normalized spacial score (nSPS) is 10.8. The maximum absolute atomic E-state index is 5.58. The number of aromatic nitrogens is 3. The molecule has 0 radical (unpaired) electrons. The number of fused-ring (bicyclic) bond motifs is 1. The van der Waals surface area contributed by atoms with E-state index >= 15 is 0 Å². The minimum absolute atomic E-state index is 0.475. The monoisotopic (exact) mass is 228 g/mol. The summed E-state index contributed by atoms with van der Waals surface area (Å²) in [6, 6.07) is 8.02. The number of nitrogens with two attached hydrogens (primary N) is 1. The first-order valence-corrected chi connectivity index (χ1v) is 5.54. The Labute approximate surface area is 96.0 Å². The molecule has 0 amide bonds. The van der Waals surface area contributed by atoms with Crippen molar-refractivity contribution in [2.75, 3.05) is 5.73 Å². The lowest BCUT2D eigenvalue weighted by molar-refractivity contribution is 1.29. The summed E-state index contributed by atoms with van der Waals surface area (Å²) in [6.45, 7) is 0. The molecule has 0 aliphatic carbocycles. The Morgan fingerprint density at radius 1 is 1.12 bits per heavy atom. The van der Waals surface area contributed by atoms with Gasteiger partial charge in [0.25, 0.3) is 0 Å². The third kappa shape index (κ3) is 1.42. The van der Waals surface area contributed by atoms with Gasteiger partial charge in [0, 0.05) is 34.9 Å². The number of hydrogen-bond donors (Lipinski definition) is 1. The van der Waals surface area contributed by atoms with Crippen molar-refractivity contribution in [2.24, 2.45) is 0 Å². The topological polar surface area (TPSA) is 64.7 Å². The van der Waals surface area contributed by atoms with Gasteiger partial charge in [-0.25, -0.2) is 0 Å². The predicted octanol–water partition coefficient (Wildman–Crippen LogP) is 2.34. The lowest BCUT2D eigenvalue weighted by Crippen LogP contribution is -1.87. The van der Waals surface area contributed by atoms with Crippen LogP contribution in [0.4, 0.5) is 5.13 Å². The standard InChI is InChI=1S/C11H8N4S/c12-11-14-10(15-16-11)9-6-13-5-7-3-1-2-4-8(7)9/h1-6H,(H2,12,14,15). The third-order valence-electron chi connectivity index (χ3n) is 2.35. The van der Waals surface area contributed by atoms with E-state index in [0.29, 0.717) is 11.0 Å². The second-order valence-electron chi connectivity index (χ2n) is 3.36. The van der Waals surface area contributed by atoms with Crippen molar-refractivity contribution in [3.05, 3.63) is 36.7 Å². The van der Waals surface area contributed by atoms with Crippen LogP contribution in [0.5, 0.6) is 0 Å². The zero-order chi connectivity index (χ0) is 11.0. The zero-order valence-electron chi connectivity index (χ0n) is 8.29. The number of pyridine rings is 1. The molecule has 2 heterocycles. The molecule has 0 unspecified atom stereocenters. The molecule has 0 spiro atoms. The lowest BCUT2D eigenvalue weighted by Gasteiger charge is -2.01. The molecule has 0 bridgehead atoms. The average Bonchev–Trinajstić information content (AvgIpc) is 2.75. The van der Waals surface area contributed by atoms with Crippen molar-refractivity contribution in [2.45, 2.75) is 0 Å². The summed E-state index contributed by atoms with van der Waals surface area (Å²) in [5.41, 5.74) is 6.51. The highest BCUT2D eigenvalue weighted by molar-refractivity contribution is 7.09. The molecule has 0 atom stereocenters. The van der Waals surface area contributed by atoms with Crippen molar-refractivity contribution in [3.63, 3.8) is 0 Å². The van der Waals surface area contributed by atoms with E-state index in [2.05, 4.69) is 14.3 Å². The number of anilines is 1. The van der Waals surface area contributed by atoms with Crippen LogP contribution in [0.15, 0.2) is 36.7 Å². The van der Waals surface area contributed by atoms with Crippen LogP contribution in [0.25, 0.3) is 22.2 Å². The van der Waals surface area contributed by atoms with Gasteiger partial charge in [0.05, 0.1) is 0 Å². The van der Waals surface area contributed by atoms with E-state index in [9.17, 15) is 0 Å². The van der Waals surface area contributed by atoms with Crippen LogP contribution in [0, 0.1) is 0 Å². The summed E-state index contributed by atoms with van der Waals surface area (Å²) in [7, 11) is 0. The summed E-state index contributed by atoms with van der Waals surface area (Å²) in [5.74, 6) is 0.645. The number of nitrogens with zero attached hydrogens (tertiary/aromatic N) is 3. The van der Waals surface area contributed by atoms with E-state index < -0.39 is 0 Å². The smallest absolute Gasteiger partial charge is 0.200 e. The summed E-state index contributed by atoms with van der Waals surface area (Å²) in [4.78, 5) is 8.36. The van der Waals surface area contributed by atoms with Crippen LogP contribution in [0.3, 0.4) is 0 Å². The Morgan fingerprint density at radius 2 is 2.00 bits per heavy atom. The second-order valence-corrected chi connectivity index (χ2v) is 4.15. The molecule has 0 aliphatic rings. The minimum atomic E-state index is 0.475. The van der Waals surface area contributed by atoms with Crippen LogP contribution < -0.4 is 5.73 Å². The van der Waals surface area contributed by atoms with Crippen molar-refractivity contribution in [1.29, 1.82) is 0 Å². The molecule has 3 aromatic rings. The molecule has 78 valence electrons. The van der Waals surface area contributed by atoms with E-state index in [1.54, 1.807) is 6.20 Å². The van der Waals surface area contributed by atoms with Gasteiger partial charge in [0.1, 0.15) is 0 Å². The minimum Gasteiger partial charge on any atom is -0.374 e. The van der Waals surface area contributed by atoms with Gasteiger partial charge >= 0.3 is 0 Å². The molecule has 3 rings (SSSR count).